The highest BCUT2D eigenvalue weighted by Gasteiger charge is 2.15. The lowest BCUT2D eigenvalue weighted by Crippen LogP contribution is -2.15. The maximum Gasteiger partial charge on any atom is 0.232 e. The summed E-state index contributed by atoms with van der Waals surface area (Å²) in [5.41, 5.74) is 1.51. The maximum atomic E-state index is 12.9. The number of hydrogen-bond donors (Lipinski definition) is 2. The molecule has 0 spiro atoms. The Balaban J connectivity index is 1.36. The van der Waals surface area contributed by atoms with Gasteiger partial charge in [0.2, 0.25) is 12.7 Å². The first-order valence-electron chi connectivity index (χ1n) is 8.00. The molecule has 0 atom stereocenters. The topological polar surface area (TPSA) is 89.1 Å². The van der Waals surface area contributed by atoms with E-state index in [0.29, 0.717) is 35.3 Å². The molecule has 1 aromatic heterocycles. The van der Waals surface area contributed by atoms with Crippen LogP contribution in [0.15, 0.2) is 42.5 Å². The summed E-state index contributed by atoms with van der Waals surface area (Å²) < 4.78 is 23.4. The van der Waals surface area contributed by atoms with Crippen molar-refractivity contribution in [3.8, 4) is 11.5 Å². The van der Waals surface area contributed by atoms with Crippen LogP contribution in [-0.4, -0.2) is 27.9 Å². The second kappa shape index (κ2) is 6.83. The molecule has 0 radical (unpaired) electrons. The number of ether oxygens (including phenoxy) is 2. The van der Waals surface area contributed by atoms with Gasteiger partial charge in [-0.15, -0.1) is 0 Å². The van der Waals surface area contributed by atoms with Crippen LogP contribution in [0.25, 0.3) is 0 Å². The zero-order valence-electron chi connectivity index (χ0n) is 13.7. The van der Waals surface area contributed by atoms with Gasteiger partial charge in [0, 0.05) is 18.2 Å². The minimum atomic E-state index is -0.285. The smallest absolute Gasteiger partial charge is 0.232 e. The minimum Gasteiger partial charge on any atom is -0.454 e. The van der Waals surface area contributed by atoms with Gasteiger partial charge in [-0.25, -0.2) is 9.37 Å². The average Bonchev–Trinajstić information content (AvgIpc) is 3.25. The second-order valence-electron chi connectivity index (χ2n) is 5.79. The molecule has 2 heterocycles. The summed E-state index contributed by atoms with van der Waals surface area (Å²) in [7, 11) is 0. The third-order valence-corrected chi connectivity index (χ3v) is 3.84. The summed E-state index contributed by atoms with van der Waals surface area (Å²) in [5.74, 6) is 1.73. The largest absolute Gasteiger partial charge is 0.454 e. The highest BCUT2D eigenvalue weighted by molar-refractivity contribution is 5.92. The standard InChI is InChI=1S/C18H15FN4O3/c19-12-3-1-11(2-4-12)7-16-21-17(23-22-16)9-18(24)20-13-5-6-14-15(8-13)26-10-25-14/h1-6,8H,7,9-10H2,(H,20,24)(H,21,22,23). The van der Waals surface area contributed by atoms with E-state index < -0.39 is 0 Å². The summed E-state index contributed by atoms with van der Waals surface area (Å²) in [4.78, 5) is 16.5. The highest BCUT2D eigenvalue weighted by Crippen LogP contribution is 2.34. The number of fused-ring (bicyclic) bond motifs is 1. The monoisotopic (exact) mass is 354 g/mol. The summed E-state index contributed by atoms with van der Waals surface area (Å²) in [6.45, 7) is 0.181. The van der Waals surface area contributed by atoms with Gasteiger partial charge < -0.3 is 14.8 Å². The van der Waals surface area contributed by atoms with E-state index in [0.717, 1.165) is 5.56 Å². The van der Waals surface area contributed by atoms with E-state index in [1.54, 1.807) is 30.3 Å². The number of nitrogens with zero attached hydrogens (tertiary/aromatic N) is 2. The number of amides is 1. The fourth-order valence-electron chi connectivity index (χ4n) is 2.61. The molecule has 1 aliphatic heterocycles. The van der Waals surface area contributed by atoms with Gasteiger partial charge in [0.05, 0.1) is 6.42 Å². The van der Waals surface area contributed by atoms with Crippen LogP contribution in [-0.2, 0) is 17.6 Å². The van der Waals surface area contributed by atoms with E-state index in [2.05, 4.69) is 20.5 Å². The molecule has 0 fully saturated rings. The van der Waals surface area contributed by atoms with Gasteiger partial charge in [-0.3, -0.25) is 9.89 Å². The number of rotatable bonds is 5. The van der Waals surface area contributed by atoms with E-state index in [9.17, 15) is 9.18 Å². The number of anilines is 1. The number of halogens is 1. The number of carbonyl (C=O) groups excluding carboxylic acids is 1. The predicted molar refractivity (Wildman–Crippen MR) is 90.5 cm³/mol. The van der Waals surface area contributed by atoms with Crippen LogP contribution in [0, 0.1) is 5.82 Å². The zero-order valence-corrected chi connectivity index (χ0v) is 13.7. The first kappa shape index (κ1) is 16.1. The van der Waals surface area contributed by atoms with Crippen molar-refractivity contribution in [3.63, 3.8) is 0 Å². The number of carbonyl (C=O) groups is 1. The summed E-state index contributed by atoms with van der Waals surface area (Å²) in [6.07, 6.45) is 0.519. The molecule has 4 rings (SSSR count). The van der Waals surface area contributed by atoms with Crippen LogP contribution in [0.2, 0.25) is 0 Å². The molecule has 0 bridgehead atoms. The Kier molecular flexibility index (Phi) is 4.22. The lowest BCUT2D eigenvalue weighted by Gasteiger charge is -2.04. The van der Waals surface area contributed by atoms with Crippen molar-refractivity contribution in [3.05, 3.63) is 65.5 Å². The van der Waals surface area contributed by atoms with Gasteiger partial charge in [-0.05, 0) is 29.8 Å². The molecule has 1 amide bonds. The Labute approximate surface area is 148 Å². The fourth-order valence-corrected chi connectivity index (χ4v) is 2.61. The first-order chi connectivity index (χ1) is 12.7. The van der Waals surface area contributed by atoms with E-state index in [1.165, 1.54) is 12.1 Å². The Morgan fingerprint density at radius 3 is 2.81 bits per heavy atom. The van der Waals surface area contributed by atoms with Crippen LogP contribution >= 0.6 is 0 Å². The molecule has 0 unspecified atom stereocenters. The summed E-state index contributed by atoms with van der Waals surface area (Å²) in [5, 5.41) is 9.63. The lowest BCUT2D eigenvalue weighted by molar-refractivity contribution is -0.115. The first-order valence-corrected chi connectivity index (χ1v) is 8.00. The SMILES string of the molecule is O=C(Cc1n[nH]c(Cc2ccc(F)cc2)n1)Nc1ccc2c(c1)OCO2. The molecule has 0 aliphatic carbocycles. The summed E-state index contributed by atoms with van der Waals surface area (Å²) >= 11 is 0. The lowest BCUT2D eigenvalue weighted by atomic mass is 10.1. The highest BCUT2D eigenvalue weighted by atomic mass is 19.1. The summed E-state index contributed by atoms with van der Waals surface area (Å²) in [6, 6.07) is 11.3. The van der Waals surface area contributed by atoms with Crippen molar-refractivity contribution in [2.24, 2.45) is 0 Å². The van der Waals surface area contributed by atoms with Crippen LogP contribution in [0.1, 0.15) is 17.2 Å². The molecule has 2 aromatic carbocycles. The Morgan fingerprint density at radius 2 is 1.96 bits per heavy atom. The molecule has 0 saturated heterocycles. The van der Waals surface area contributed by atoms with Crippen LogP contribution in [0.4, 0.5) is 10.1 Å². The van der Waals surface area contributed by atoms with Gasteiger partial charge in [0.15, 0.2) is 17.3 Å². The van der Waals surface area contributed by atoms with E-state index in [-0.39, 0.29) is 24.9 Å². The van der Waals surface area contributed by atoms with Crippen molar-refractivity contribution in [2.45, 2.75) is 12.8 Å². The van der Waals surface area contributed by atoms with Gasteiger partial charge >= 0.3 is 0 Å². The molecule has 0 saturated carbocycles. The predicted octanol–water partition coefficient (Wildman–Crippen LogP) is 2.44. The normalized spacial score (nSPS) is 12.2. The fraction of sp³-hybridized carbons (Fsp3) is 0.167. The number of benzene rings is 2. The molecule has 8 heteroatoms. The molecule has 1 aliphatic rings. The van der Waals surface area contributed by atoms with Gasteiger partial charge in [0.25, 0.3) is 0 Å². The number of hydrogen-bond acceptors (Lipinski definition) is 5. The molecule has 2 N–H and O–H groups in total. The van der Waals surface area contributed by atoms with Crippen LogP contribution < -0.4 is 14.8 Å². The van der Waals surface area contributed by atoms with Gasteiger partial charge in [-0.2, -0.15) is 5.10 Å². The van der Waals surface area contributed by atoms with Crippen molar-refractivity contribution in [1.29, 1.82) is 0 Å². The van der Waals surface area contributed by atoms with Crippen molar-refractivity contribution >= 4 is 11.6 Å². The maximum absolute atomic E-state index is 12.9. The van der Waals surface area contributed by atoms with Crippen LogP contribution in [0.5, 0.6) is 11.5 Å². The van der Waals surface area contributed by atoms with E-state index in [4.69, 9.17) is 9.47 Å². The quantitative estimate of drug-likeness (QED) is 0.735. The number of aromatic amines is 1. The van der Waals surface area contributed by atoms with Crippen molar-refractivity contribution in [2.75, 3.05) is 12.1 Å². The zero-order chi connectivity index (χ0) is 17.9. The number of H-pyrrole nitrogens is 1. The molecule has 132 valence electrons. The molecule has 3 aromatic rings. The van der Waals surface area contributed by atoms with Gasteiger partial charge in [0.1, 0.15) is 11.6 Å². The van der Waals surface area contributed by atoms with E-state index >= 15 is 0 Å². The Hall–Kier alpha value is -3.42. The number of nitrogens with one attached hydrogen (secondary N) is 2. The average molecular weight is 354 g/mol. The van der Waals surface area contributed by atoms with E-state index in [1.807, 2.05) is 0 Å². The Bertz CT molecular complexity index is 940. The van der Waals surface area contributed by atoms with Crippen LogP contribution in [0.3, 0.4) is 0 Å². The second-order valence-corrected chi connectivity index (χ2v) is 5.79. The molecular weight excluding hydrogens is 339 g/mol. The van der Waals surface area contributed by atoms with Crippen molar-refractivity contribution in [1.82, 2.24) is 15.2 Å². The van der Waals surface area contributed by atoms with Crippen molar-refractivity contribution < 1.29 is 18.7 Å². The third-order valence-electron chi connectivity index (χ3n) is 3.84. The third kappa shape index (κ3) is 3.64. The van der Waals surface area contributed by atoms with Gasteiger partial charge in [-0.1, -0.05) is 12.1 Å². The minimum absolute atomic E-state index is 0.0361. The molecular formula is C18H15FN4O3. The number of aromatic nitrogens is 3. The molecule has 26 heavy (non-hydrogen) atoms. The molecule has 7 nitrogen and oxygen atoms in total. The Morgan fingerprint density at radius 1 is 1.15 bits per heavy atom.